The Bertz CT molecular complexity index is 1100. The minimum atomic E-state index is -0.573. The predicted octanol–water partition coefficient (Wildman–Crippen LogP) is 4.92. The van der Waals surface area contributed by atoms with Gasteiger partial charge in [-0.2, -0.15) is 5.10 Å². The molecule has 31 heavy (non-hydrogen) atoms. The number of hydrogen-bond donors (Lipinski definition) is 1. The number of hydrogen-bond acceptors (Lipinski definition) is 4. The second-order valence-corrected chi connectivity index (χ2v) is 7.34. The van der Waals surface area contributed by atoms with Crippen LogP contribution in [0.25, 0.3) is 5.69 Å². The van der Waals surface area contributed by atoms with Crippen LogP contribution in [0.15, 0.2) is 48.7 Å². The van der Waals surface area contributed by atoms with Gasteiger partial charge in [-0.3, -0.25) is 9.59 Å². The highest BCUT2D eigenvalue weighted by Crippen LogP contribution is 2.35. The number of carbonyl (C=O) groups is 2. The average molecular weight is 461 g/mol. The molecule has 9 heteroatoms. The normalized spacial score (nSPS) is 10.6. The molecule has 0 fully saturated rings. The third-order valence-corrected chi connectivity index (χ3v) is 5.39. The lowest BCUT2D eigenvalue weighted by Gasteiger charge is -2.19. The zero-order chi connectivity index (χ0) is 22.5. The number of amides is 2. The molecule has 2 aromatic carbocycles. The van der Waals surface area contributed by atoms with Crippen molar-refractivity contribution in [1.82, 2.24) is 14.7 Å². The van der Waals surface area contributed by atoms with Crippen LogP contribution in [0.4, 0.5) is 5.82 Å². The molecule has 1 aromatic heterocycles. The Hall–Kier alpha value is -3.03. The van der Waals surface area contributed by atoms with Gasteiger partial charge in [0.1, 0.15) is 16.9 Å². The van der Waals surface area contributed by atoms with Crippen LogP contribution >= 0.6 is 23.2 Å². The minimum absolute atomic E-state index is 0.0683. The summed E-state index contributed by atoms with van der Waals surface area (Å²) in [5.41, 5.74) is 1.01. The SMILES string of the molecule is CCN(CC)C(=O)c1cnn(-c2ccccc2)c1NC(=O)c1c(Cl)ccc(Cl)c1OC. The van der Waals surface area contributed by atoms with Crippen LogP contribution < -0.4 is 10.1 Å². The number of methoxy groups -OCH3 is 1. The molecule has 3 aromatic rings. The molecule has 0 radical (unpaired) electrons. The third-order valence-electron chi connectivity index (χ3n) is 4.77. The van der Waals surface area contributed by atoms with Crippen molar-refractivity contribution in [3.8, 4) is 11.4 Å². The molecule has 0 saturated carbocycles. The first-order valence-electron chi connectivity index (χ1n) is 9.68. The number of carbonyl (C=O) groups excluding carboxylic acids is 2. The minimum Gasteiger partial charge on any atom is -0.494 e. The summed E-state index contributed by atoms with van der Waals surface area (Å²) in [7, 11) is 1.40. The summed E-state index contributed by atoms with van der Waals surface area (Å²) in [6, 6.07) is 12.2. The number of halogens is 2. The maximum absolute atomic E-state index is 13.2. The number of benzene rings is 2. The van der Waals surface area contributed by atoms with Gasteiger partial charge in [-0.05, 0) is 38.1 Å². The number of nitrogens with zero attached hydrogens (tertiary/aromatic N) is 3. The van der Waals surface area contributed by atoms with Gasteiger partial charge < -0.3 is 15.0 Å². The van der Waals surface area contributed by atoms with E-state index < -0.39 is 5.91 Å². The Labute approximate surface area is 190 Å². The number of rotatable bonds is 7. The van der Waals surface area contributed by atoms with E-state index >= 15 is 0 Å². The third kappa shape index (κ3) is 4.52. The molecule has 0 aliphatic carbocycles. The summed E-state index contributed by atoms with van der Waals surface area (Å²) in [6.07, 6.45) is 1.44. The Morgan fingerprint density at radius 2 is 1.71 bits per heavy atom. The fourth-order valence-corrected chi connectivity index (χ4v) is 3.66. The van der Waals surface area contributed by atoms with Crippen LogP contribution in [0.5, 0.6) is 5.75 Å². The zero-order valence-electron chi connectivity index (χ0n) is 17.4. The van der Waals surface area contributed by atoms with Crippen LogP contribution in [-0.2, 0) is 0 Å². The van der Waals surface area contributed by atoms with E-state index in [-0.39, 0.29) is 38.6 Å². The van der Waals surface area contributed by atoms with Crippen LogP contribution in [0.1, 0.15) is 34.6 Å². The Morgan fingerprint density at radius 1 is 1.06 bits per heavy atom. The quantitative estimate of drug-likeness (QED) is 0.542. The number of anilines is 1. The molecule has 0 atom stereocenters. The summed E-state index contributed by atoms with van der Waals surface area (Å²) in [6.45, 7) is 4.82. The van der Waals surface area contributed by atoms with E-state index in [1.165, 1.54) is 24.1 Å². The van der Waals surface area contributed by atoms with E-state index in [1.807, 2.05) is 44.2 Å². The van der Waals surface area contributed by atoms with Gasteiger partial charge in [0, 0.05) is 13.1 Å². The van der Waals surface area contributed by atoms with Gasteiger partial charge in [0.2, 0.25) is 0 Å². The van der Waals surface area contributed by atoms with Crippen molar-refractivity contribution in [2.75, 3.05) is 25.5 Å². The van der Waals surface area contributed by atoms with Crippen molar-refractivity contribution in [2.45, 2.75) is 13.8 Å². The van der Waals surface area contributed by atoms with Gasteiger partial charge in [-0.25, -0.2) is 4.68 Å². The van der Waals surface area contributed by atoms with Gasteiger partial charge in [0.05, 0.1) is 29.0 Å². The first-order chi connectivity index (χ1) is 14.9. The molecule has 0 aliphatic rings. The van der Waals surface area contributed by atoms with Crippen molar-refractivity contribution in [3.05, 3.63) is 69.8 Å². The summed E-state index contributed by atoms with van der Waals surface area (Å²) < 4.78 is 6.79. The second kappa shape index (κ2) is 9.85. The molecule has 2 amide bonds. The number of para-hydroxylation sites is 1. The molecule has 0 spiro atoms. The molecule has 7 nitrogen and oxygen atoms in total. The number of ether oxygens (including phenoxy) is 1. The average Bonchev–Trinajstić information content (AvgIpc) is 3.19. The van der Waals surface area contributed by atoms with E-state index in [2.05, 4.69) is 10.4 Å². The maximum atomic E-state index is 13.2. The Balaban J connectivity index is 2.11. The smallest absolute Gasteiger partial charge is 0.262 e. The molecule has 3 rings (SSSR count). The van der Waals surface area contributed by atoms with Crippen LogP contribution in [-0.4, -0.2) is 46.7 Å². The molecule has 162 valence electrons. The monoisotopic (exact) mass is 460 g/mol. The van der Waals surface area contributed by atoms with Crippen molar-refractivity contribution in [3.63, 3.8) is 0 Å². The second-order valence-electron chi connectivity index (χ2n) is 6.52. The van der Waals surface area contributed by atoms with Crippen LogP contribution in [0, 0.1) is 0 Å². The summed E-state index contributed by atoms with van der Waals surface area (Å²) >= 11 is 12.4. The molecule has 0 saturated heterocycles. The Kier molecular flexibility index (Phi) is 7.20. The molecule has 1 heterocycles. The standard InChI is InChI=1S/C22H22Cl2N4O3/c1-4-27(5-2)22(30)15-13-25-28(14-9-7-6-8-10-14)20(15)26-21(29)18-16(23)11-12-17(24)19(18)31-3/h6-13H,4-5H2,1-3H3,(H,26,29). The topological polar surface area (TPSA) is 76.5 Å². The first kappa shape index (κ1) is 22.7. The molecular formula is C22H22Cl2N4O3. The van der Waals surface area contributed by atoms with Gasteiger partial charge >= 0.3 is 0 Å². The maximum Gasteiger partial charge on any atom is 0.262 e. The summed E-state index contributed by atoms with van der Waals surface area (Å²) in [5.74, 6) is -0.442. The fourth-order valence-electron chi connectivity index (χ4n) is 3.19. The van der Waals surface area contributed by atoms with Gasteiger partial charge in [-0.15, -0.1) is 0 Å². The van der Waals surface area contributed by atoms with Crippen molar-refractivity contribution >= 4 is 40.8 Å². The largest absolute Gasteiger partial charge is 0.494 e. The number of nitrogens with one attached hydrogen (secondary N) is 1. The highest BCUT2D eigenvalue weighted by Gasteiger charge is 2.26. The molecule has 0 unspecified atom stereocenters. The highest BCUT2D eigenvalue weighted by molar-refractivity contribution is 6.37. The molecule has 1 N–H and O–H groups in total. The lowest BCUT2D eigenvalue weighted by molar-refractivity contribution is 0.0774. The van der Waals surface area contributed by atoms with E-state index in [0.717, 1.165) is 0 Å². The predicted molar refractivity (Wildman–Crippen MR) is 122 cm³/mol. The summed E-state index contributed by atoms with van der Waals surface area (Å²) in [4.78, 5) is 28.0. The van der Waals surface area contributed by atoms with Gasteiger partial charge in [0.15, 0.2) is 5.75 Å². The van der Waals surface area contributed by atoms with Crippen LogP contribution in [0.2, 0.25) is 10.0 Å². The van der Waals surface area contributed by atoms with Crippen molar-refractivity contribution in [1.29, 1.82) is 0 Å². The van der Waals surface area contributed by atoms with E-state index in [9.17, 15) is 9.59 Å². The zero-order valence-corrected chi connectivity index (χ0v) is 18.9. The highest BCUT2D eigenvalue weighted by atomic mass is 35.5. The van der Waals surface area contributed by atoms with Gasteiger partial charge in [-0.1, -0.05) is 41.4 Å². The number of aromatic nitrogens is 2. The van der Waals surface area contributed by atoms with E-state index in [0.29, 0.717) is 18.8 Å². The lowest BCUT2D eigenvalue weighted by atomic mass is 10.1. The van der Waals surface area contributed by atoms with Crippen LogP contribution in [0.3, 0.4) is 0 Å². The first-order valence-corrected chi connectivity index (χ1v) is 10.4. The molecular weight excluding hydrogens is 439 g/mol. The van der Waals surface area contributed by atoms with Gasteiger partial charge in [0.25, 0.3) is 11.8 Å². The molecule has 0 aliphatic heterocycles. The molecule has 0 bridgehead atoms. The van der Waals surface area contributed by atoms with Crippen molar-refractivity contribution in [2.24, 2.45) is 0 Å². The fraction of sp³-hybridized carbons (Fsp3) is 0.227. The van der Waals surface area contributed by atoms with Crippen molar-refractivity contribution < 1.29 is 14.3 Å². The summed E-state index contributed by atoms with van der Waals surface area (Å²) in [5, 5.41) is 7.55. The van der Waals surface area contributed by atoms with E-state index in [1.54, 1.807) is 11.0 Å². The lowest BCUT2D eigenvalue weighted by Crippen LogP contribution is -2.31. The van der Waals surface area contributed by atoms with E-state index in [4.69, 9.17) is 27.9 Å². The Morgan fingerprint density at radius 3 is 2.32 bits per heavy atom.